The molecule has 1 saturated heterocycles. The lowest BCUT2D eigenvalue weighted by Gasteiger charge is -2.44. The predicted octanol–water partition coefficient (Wildman–Crippen LogP) is 2.60. The number of ether oxygens (including phenoxy) is 1. The molecule has 0 spiro atoms. The highest BCUT2D eigenvalue weighted by Crippen LogP contribution is 2.36. The second-order valence-electron chi connectivity index (χ2n) is 10.6. The quantitative estimate of drug-likeness (QED) is 0.380. The second-order valence-corrected chi connectivity index (χ2v) is 14.9. The first-order valence-corrected chi connectivity index (χ1v) is 14.8. The van der Waals surface area contributed by atoms with Crippen molar-refractivity contribution in [2.45, 2.75) is 50.6 Å². The van der Waals surface area contributed by atoms with Crippen molar-refractivity contribution >= 4 is 24.6 Å². The molecule has 0 aliphatic carbocycles. The van der Waals surface area contributed by atoms with Gasteiger partial charge < -0.3 is 24.9 Å². The maximum absolute atomic E-state index is 13.1. The molecule has 1 fully saturated rings. The smallest absolute Gasteiger partial charge is 0.261 e. The fourth-order valence-electron chi connectivity index (χ4n) is 5.01. The fraction of sp³-hybridized carbons (Fsp3) is 0.367. The van der Waals surface area contributed by atoms with Crippen LogP contribution < -0.4 is 21.0 Å². The molecule has 3 N–H and O–H groups in total. The van der Waals surface area contributed by atoms with Crippen LogP contribution in [-0.2, 0) is 20.6 Å². The summed E-state index contributed by atoms with van der Waals surface area (Å²) in [6, 6.07) is 29.5. The van der Waals surface area contributed by atoms with Crippen LogP contribution >= 0.6 is 0 Å². The van der Waals surface area contributed by atoms with Crippen LogP contribution in [0.25, 0.3) is 0 Å². The highest BCUT2D eigenvalue weighted by Gasteiger charge is 2.50. The van der Waals surface area contributed by atoms with Gasteiger partial charge in [0.1, 0.15) is 6.04 Å². The van der Waals surface area contributed by atoms with Crippen molar-refractivity contribution in [2.75, 3.05) is 19.8 Å². The van der Waals surface area contributed by atoms with Crippen LogP contribution in [0.4, 0.5) is 0 Å². The zero-order valence-corrected chi connectivity index (χ0v) is 22.9. The number of rotatable bonds is 9. The zero-order valence-electron chi connectivity index (χ0n) is 21.9. The Kier molecular flexibility index (Phi) is 8.94. The average Bonchev–Trinajstić information content (AvgIpc) is 3.03. The standard InChI is InChI=1S/C30H38N2O4Si/c1-30(2,3)37(24-15-9-5-10-16-24,25-17-11-6-12-18-25)36-22-26-28(33)19-31-27(29(34)32-26)21-35-20-23-13-7-4-8-14-23/h4-18,26-28,31,33H,19-22H2,1-3H3,(H,32,34)/t26-,27+,28+/m1/s1. The monoisotopic (exact) mass is 518 g/mol. The Morgan fingerprint density at radius 2 is 1.41 bits per heavy atom. The molecule has 6 nitrogen and oxygen atoms in total. The summed E-state index contributed by atoms with van der Waals surface area (Å²) in [5.74, 6) is -0.194. The lowest BCUT2D eigenvalue weighted by molar-refractivity contribution is -0.125. The van der Waals surface area contributed by atoms with Crippen LogP contribution in [0.15, 0.2) is 91.0 Å². The molecule has 0 saturated carbocycles. The van der Waals surface area contributed by atoms with Crippen LogP contribution in [0.1, 0.15) is 26.3 Å². The third-order valence-electron chi connectivity index (χ3n) is 6.97. The molecular weight excluding hydrogens is 480 g/mol. The van der Waals surface area contributed by atoms with Crippen LogP contribution in [0.5, 0.6) is 0 Å². The summed E-state index contributed by atoms with van der Waals surface area (Å²) in [4.78, 5) is 13.1. The summed E-state index contributed by atoms with van der Waals surface area (Å²) in [5.41, 5.74) is 1.05. The average molecular weight is 519 g/mol. The molecule has 4 rings (SSSR count). The molecule has 3 aromatic carbocycles. The Morgan fingerprint density at radius 1 is 0.865 bits per heavy atom. The third kappa shape index (κ3) is 6.37. The Morgan fingerprint density at radius 3 is 1.95 bits per heavy atom. The summed E-state index contributed by atoms with van der Waals surface area (Å²) < 4.78 is 12.8. The van der Waals surface area contributed by atoms with Gasteiger partial charge >= 0.3 is 0 Å². The molecule has 7 heteroatoms. The summed E-state index contributed by atoms with van der Waals surface area (Å²) in [6.07, 6.45) is -0.790. The van der Waals surface area contributed by atoms with E-state index in [1.807, 2.05) is 66.7 Å². The lowest BCUT2D eigenvalue weighted by Crippen LogP contribution is -2.67. The first-order chi connectivity index (χ1) is 17.8. The largest absolute Gasteiger partial charge is 0.405 e. The molecule has 1 amide bonds. The summed E-state index contributed by atoms with van der Waals surface area (Å²) >= 11 is 0. The van der Waals surface area contributed by atoms with Crippen LogP contribution in [-0.4, -0.2) is 57.3 Å². The molecule has 3 aromatic rings. The van der Waals surface area contributed by atoms with Crippen LogP contribution in [0, 0.1) is 0 Å². The number of amides is 1. The number of aliphatic hydroxyl groups excluding tert-OH is 1. The van der Waals surface area contributed by atoms with Gasteiger partial charge in [0.15, 0.2) is 0 Å². The molecule has 0 radical (unpaired) electrons. The lowest BCUT2D eigenvalue weighted by atomic mass is 10.2. The van der Waals surface area contributed by atoms with Crippen molar-refractivity contribution in [1.29, 1.82) is 0 Å². The highest BCUT2D eigenvalue weighted by atomic mass is 28.4. The third-order valence-corrected chi connectivity index (χ3v) is 12.0. The van der Waals surface area contributed by atoms with Crippen molar-refractivity contribution in [3.8, 4) is 0 Å². The molecule has 37 heavy (non-hydrogen) atoms. The molecule has 196 valence electrons. The van der Waals surface area contributed by atoms with Crippen molar-refractivity contribution in [1.82, 2.24) is 10.6 Å². The molecule has 1 aliphatic heterocycles. The number of hydrogen-bond donors (Lipinski definition) is 3. The van der Waals surface area contributed by atoms with E-state index >= 15 is 0 Å². The van der Waals surface area contributed by atoms with Gasteiger partial charge in [-0.3, -0.25) is 4.79 Å². The van der Waals surface area contributed by atoms with Crippen LogP contribution in [0.2, 0.25) is 5.04 Å². The highest BCUT2D eigenvalue weighted by molar-refractivity contribution is 6.99. The van der Waals surface area contributed by atoms with Gasteiger partial charge in [0.2, 0.25) is 5.91 Å². The Bertz CT molecular complexity index is 1080. The number of nitrogens with one attached hydrogen (secondary N) is 2. The van der Waals surface area contributed by atoms with E-state index in [1.54, 1.807) is 0 Å². The molecule has 1 heterocycles. The number of carbonyl (C=O) groups excluding carboxylic acids is 1. The van der Waals surface area contributed by atoms with E-state index in [-0.39, 0.29) is 30.7 Å². The minimum Gasteiger partial charge on any atom is -0.405 e. The maximum Gasteiger partial charge on any atom is 0.261 e. The number of β-amino-alcohol motifs (C(OH)–C–C–N with tert-alkyl or cyclic N) is 1. The molecule has 0 aromatic heterocycles. The van der Waals surface area contributed by atoms with Gasteiger partial charge in [-0.25, -0.2) is 0 Å². The Balaban J connectivity index is 1.50. The summed E-state index contributed by atoms with van der Waals surface area (Å²) in [5, 5.41) is 19.3. The molecule has 1 aliphatic rings. The second kappa shape index (κ2) is 12.2. The number of carbonyl (C=O) groups is 1. The van der Waals surface area contributed by atoms with Gasteiger partial charge in [-0.05, 0) is 21.0 Å². The van der Waals surface area contributed by atoms with E-state index in [9.17, 15) is 9.90 Å². The van der Waals surface area contributed by atoms with E-state index in [2.05, 4.69) is 55.7 Å². The SMILES string of the molecule is CC(C)(C)[Si](OC[C@H]1NC(=O)[C@H](COCc2ccccc2)NC[C@@H]1O)(c1ccccc1)c1ccccc1. The minimum absolute atomic E-state index is 0.193. The van der Waals surface area contributed by atoms with Gasteiger partial charge in [0, 0.05) is 6.54 Å². The maximum atomic E-state index is 13.1. The number of hydrogen-bond acceptors (Lipinski definition) is 5. The van der Waals surface area contributed by atoms with Crippen molar-refractivity contribution < 1.29 is 19.1 Å². The van der Waals surface area contributed by atoms with Gasteiger partial charge in [-0.1, -0.05) is 112 Å². The van der Waals surface area contributed by atoms with E-state index in [1.165, 1.54) is 0 Å². The predicted molar refractivity (Wildman–Crippen MR) is 149 cm³/mol. The van der Waals surface area contributed by atoms with Crippen molar-refractivity contribution in [3.05, 3.63) is 96.6 Å². The van der Waals surface area contributed by atoms with Gasteiger partial charge in [0.05, 0.1) is 32.0 Å². The molecule has 0 unspecified atom stereocenters. The number of aliphatic hydroxyl groups is 1. The summed E-state index contributed by atoms with van der Waals surface area (Å²) in [6.45, 7) is 7.76. The fourth-order valence-corrected chi connectivity index (χ4v) is 9.60. The molecular formula is C30H38N2O4Si. The van der Waals surface area contributed by atoms with Gasteiger partial charge in [-0.2, -0.15) is 0 Å². The number of benzene rings is 3. The first kappa shape index (κ1) is 27.2. The minimum atomic E-state index is -2.78. The van der Waals surface area contributed by atoms with E-state index in [0.29, 0.717) is 6.61 Å². The van der Waals surface area contributed by atoms with E-state index < -0.39 is 26.5 Å². The zero-order chi connectivity index (χ0) is 26.3. The molecule has 3 atom stereocenters. The normalized spacial score (nSPS) is 20.8. The van der Waals surface area contributed by atoms with Crippen molar-refractivity contribution in [3.63, 3.8) is 0 Å². The Labute approximate surface area is 221 Å². The van der Waals surface area contributed by atoms with Gasteiger partial charge in [-0.15, -0.1) is 0 Å². The topological polar surface area (TPSA) is 79.8 Å². The first-order valence-electron chi connectivity index (χ1n) is 12.9. The van der Waals surface area contributed by atoms with E-state index in [4.69, 9.17) is 9.16 Å². The Hall–Kier alpha value is -2.81. The van der Waals surface area contributed by atoms with E-state index in [0.717, 1.165) is 15.9 Å². The van der Waals surface area contributed by atoms with Crippen molar-refractivity contribution in [2.24, 2.45) is 0 Å². The summed E-state index contributed by atoms with van der Waals surface area (Å²) in [7, 11) is -2.78. The molecule has 0 bridgehead atoms. The van der Waals surface area contributed by atoms with Crippen LogP contribution in [0.3, 0.4) is 0 Å². The van der Waals surface area contributed by atoms with Gasteiger partial charge in [0.25, 0.3) is 8.32 Å².